The van der Waals surface area contributed by atoms with Crippen LogP contribution in [0, 0.1) is 0 Å². The van der Waals surface area contributed by atoms with Crippen molar-refractivity contribution in [1.29, 1.82) is 0 Å². The maximum atomic E-state index is 12.9. The molecule has 0 saturated carbocycles. The zero-order valence-corrected chi connectivity index (χ0v) is 17.8. The molecule has 0 radical (unpaired) electrons. The predicted molar refractivity (Wildman–Crippen MR) is 116 cm³/mol. The third-order valence-corrected chi connectivity index (χ3v) is 5.08. The number of carbonyl (C=O) groups is 3. The van der Waals surface area contributed by atoms with Gasteiger partial charge in [-0.2, -0.15) is 0 Å². The highest BCUT2D eigenvalue weighted by Gasteiger charge is 2.36. The number of furan rings is 1. The molecule has 0 unspecified atom stereocenters. The van der Waals surface area contributed by atoms with Gasteiger partial charge in [0.1, 0.15) is 23.7 Å². The Morgan fingerprint density at radius 2 is 1.84 bits per heavy atom. The van der Waals surface area contributed by atoms with E-state index in [0.717, 1.165) is 14.9 Å². The Balaban J connectivity index is 1.62. The number of hydrogen-bond donors (Lipinski definition) is 1. The normalized spacial score (nSPS) is 15.3. The summed E-state index contributed by atoms with van der Waals surface area (Å²) >= 11 is 3.40. The summed E-state index contributed by atoms with van der Waals surface area (Å²) < 4.78 is 11.9. The van der Waals surface area contributed by atoms with E-state index in [1.807, 2.05) is 30.3 Å². The van der Waals surface area contributed by atoms with Crippen LogP contribution in [0.5, 0.6) is 5.75 Å². The van der Waals surface area contributed by atoms with Crippen molar-refractivity contribution in [2.45, 2.75) is 13.2 Å². The molecule has 0 atom stereocenters. The molecule has 1 N–H and O–H groups in total. The SMILES string of the molecule is O=C1NC(=O)N(Cc2ccco2)C(=O)C1=Cc1cc(Br)ccc1OCc1ccccc1. The van der Waals surface area contributed by atoms with Gasteiger partial charge in [-0.3, -0.25) is 19.8 Å². The molecule has 2 aromatic carbocycles. The minimum Gasteiger partial charge on any atom is -0.488 e. The second-order valence-electron chi connectivity index (χ2n) is 6.74. The number of halogens is 1. The fourth-order valence-corrected chi connectivity index (χ4v) is 3.43. The van der Waals surface area contributed by atoms with Gasteiger partial charge in [-0.05, 0) is 42.0 Å². The standard InChI is InChI=1S/C23H17BrN2O5/c24-17-8-9-20(31-14-15-5-2-1-3-6-15)16(11-17)12-19-21(27)25-23(29)26(22(19)28)13-18-7-4-10-30-18/h1-12H,13-14H2,(H,25,27,29). The van der Waals surface area contributed by atoms with Crippen LogP contribution in [0.1, 0.15) is 16.9 Å². The smallest absolute Gasteiger partial charge is 0.331 e. The maximum absolute atomic E-state index is 12.9. The number of amides is 4. The first kappa shape index (κ1) is 20.6. The van der Waals surface area contributed by atoms with Crippen molar-refractivity contribution >= 4 is 39.9 Å². The average Bonchev–Trinajstić information content (AvgIpc) is 3.27. The summed E-state index contributed by atoms with van der Waals surface area (Å²) in [6.45, 7) is 0.236. The van der Waals surface area contributed by atoms with Crippen LogP contribution in [0.25, 0.3) is 6.08 Å². The second-order valence-corrected chi connectivity index (χ2v) is 7.66. The first-order chi connectivity index (χ1) is 15.0. The van der Waals surface area contributed by atoms with Crippen molar-refractivity contribution < 1.29 is 23.5 Å². The van der Waals surface area contributed by atoms with Crippen molar-refractivity contribution in [3.63, 3.8) is 0 Å². The van der Waals surface area contributed by atoms with E-state index in [0.29, 0.717) is 23.7 Å². The van der Waals surface area contributed by atoms with Crippen LogP contribution in [0.3, 0.4) is 0 Å². The molecule has 2 heterocycles. The fourth-order valence-electron chi connectivity index (χ4n) is 3.05. The lowest BCUT2D eigenvalue weighted by Gasteiger charge is -2.25. The first-order valence-electron chi connectivity index (χ1n) is 9.39. The van der Waals surface area contributed by atoms with Crippen LogP contribution in [0.15, 0.2) is 81.4 Å². The molecule has 0 spiro atoms. The van der Waals surface area contributed by atoms with E-state index in [1.54, 1.807) is 30.3 Å². The van der Waals surface area contributed by atoms with Crippen molar-refractivity contribution in [3.05, 3.63) is 93.9 Å². The van der Waals surface area contributed by atoms with Gasteiger partial charge in [0.15, 0.2) is 0 Å². The van der Waals surface area contributed by atoms with Gasteiger partial charge in [0.2, 0.25) is 0 Å². The van der Waals surface area contributed by atoms with E-state index in [9.17, 15) is 14.4 Å². The van der Waals surface area contributed by atoms with Crippen LogP contribution >= 0.6 is 15.9 Å². The molecular formula is C23H17BrN2O5. The minimum absolute atomic E-state index is 0.0852. The number of nitrogens with one attached hydrogen (secondary N) is 1. The minimum atomic E-state index is -0.793. The summed E-state index contributed by atoms with van der Waals surface area (Å²) in [6, 6.07) is 17.4. The van der Waals surface area contributed by atoms with Gasteiger partial charge < -0.3 is 9.15 Å². The van der Waals surface area contributed by atoms with Gasteiger partial charge in [-0.15, -0.1) is 0 Å². The first-order valence-corrected chi connectivity index (χ1v) is 10.2. The molecule has 4 rings (SSSR count). The van der Waals surface area contributed by atoms with Gasteiger partial charge in [-0.25, -0.2) is 4.79 Å². The quantitative estimate of drug-likeness (QED) is 0.420. The molecule has 156 valence electrons. The third-order valence-electron chi connectivity index (χ3n) is 4.59. The lowest BCUT2D eigenvalue weighted by Crippen LogP contribution is -2.53. The van der Waals surface area contributed by atoms with Crippen LogP contribution < -0.4 is 10.1 Å². The molecule has 3 aromatic rings. The summed E-state index contributed by atoms with van der Waals surface area (Å²) in [5.74, 6) is -0.556. The highest BCUT2D eigenvalue weighted by Crippen LogP contribution is 2.28. The summed E-state index contributed by atoms with van der Waals surface area (Å²) in [7, 11) is 0. The maximum Gasteiger partial charge on any atom is 0.331 e. The van der Waals surface area contributed by atoms with E-state index in [-0.39, 0.29) is 12.1 Å². The number of carbonyl (C=O) groups excluding carboxylic acids is 3. The lowest BCUT2D eigenvalue weighted by molar-refractivity contribution is -0.130. The Bertz CT molecular complexity index is 1160. The molecule has 0 aliphatic carbocycles. The van der Waals surface area contributed by atoms with Crippen LogP contribution in [-0.4, -0.2) is 22.7 Å². The van der Waals surface area contributed by atoms with Crippen LogP contribution in [0.2, 0.25) is 0 Å². The molecule has 31 heavy (non-hydrogen) atoms. The number of imide groups is 2. The van der Waals surface area contributed by atoms with Crippen LogP contribution in [-0.2, 0) is 22.7 Å². The van der Waals surface area contributed by atoms with Gasteiger partial charge in [0, 0.05) is 10.0 Å². The molecule has 7 nitrogen and oxygen atoms in total. The van der Waals surface area contributed by atoms with Crippen molar-refractivity contribution in [2.75, 3.05) is 0 Å². The molecule has 1 aliphatic heterocycles. The Hall–Kier alpha value is -3.65. The number of barbiturate groups is 1. The van der Waals surface area contributed by atoms with Crippen molar-refractivity contribution in [3.8, 4) is 5.75 Å². The summed E-state index contributed by atoms with van der Waals surface area (Å²) in [6.07, 6.45) is 2.87. The number of hydrogen-bond acceptors (Lipinski definition) is 5. The number of nitrogens with zero attached hydrogens (tertiary/aromatic N) is 1. The van der Waals surface area contributed by atoms with Gasteiger partial charge >= 0.3 is 6.03 Å². The molecule has 1 saturated heterocycles. The monoisotopic (exact) mass is 480 g/mol. The Morgan fingerprint density at radius 3 is 2.58 bits per heavy atom. The zero-order valence-electron chi connectivity index (χ0n) is 16.2. The molecule has 4 amide bonds. The summed E-state index contributed by atoms with van der Waals surface area (Å²) in [5, 5.41) is 2.20. The molecule has 8 heteroatoms. The fraction of sp³-hybridized carbons (Fsp3) is 0.0870. The van der Waals surface area contributed by atoms with Gasteiger partial charge in [-0.1, -0.05) is 46.3 Å². The van der Waals surface area contributed by atoms with E-state index in [2.05, 4.69) is 21.2 Å². The zero-order chi connectivity index (χ0) is 21.8. The molecule has 0 bridgehead atoms. The predicted octanol–water partition coefficient (Wildman–Crippen LogP) is 4.28. The van der Waals surface area contributed by atoms with E-state index >= 15 is 0 Å². The number of benzene rings is 2. The van der Waals surface area contributed by atoms with Gasteiger partial charge in [0.25, 0.3) is 11.8 Å². The second kappa shape index (κ2) is 9.01. The third kappa shape index (κ3) is 4.75. The molecule has 1 fully saturated rings. The number of urea groups is 1. The van der Waals surface area contributed by atoms with Crippen molar-refractivity contribution in [2.24, 2.45) is 0 Å². The van der Waals surface area contributed by atoms with Crippen molar-refractivity contribution in [1.82, 2.24) is 10.2 Å². The molecule has 1 aromatic heterocycles. The summed E-state index contributed by atoms with van der Waals surface area (Å²) in [5.41, 5.74) is 1.33. The lowest BCUT2D eigenvalue weighted by atomic mass is 10.1. The van der Waals surface area contributed by atoms with Gasteiger partial charge in [0.05, 0.1) is 12.8 Å². The number of rotatable bonds is 6. The molecule has 1 aliphatic rings. The summed E-state index contributed by atoms with van der Waals surface area (Å²) in [4.78, 5) is 38.5. The molecular weight excluding hydrogens is 464 g/mol. The largest absolute Gasteiger partial charge is 0.488 e. The van der Waals surface area contributed by atoms with E-state index < -0.39 is 17.8 Å². The highest BCUT2D eigenvalue weighted by molar-refractivity contribution is 9.10. The Labute approximate surface area is 186 Å². The Morgan fingerprint density at radius 1 is 1.03 bits per heavy atom. The van der Waals surface area contributed by atoms with E-state index in [1.165, 1.54) is 12.3 Å². The Kier molecular flexibility index (Phi) is 5.99. The topological polar surface area (TPSA) is 88.9 Å². The highest BCUT2D eigenvalue weighted by atomic mass is 79.9. The van der Waals surface area contributed by atoms with Crippen LogP contribution in [0.4, 0.5) is 4.79 Å². The number of ether oxygens (including phenoxy) is 1. The average molecular weight is 481 g/mol. The van der Waals surface area contributed by atoms with E-state index in [4.69, 9.17) is 9.15 Å².